The molecule has 3 rings (SSSR count). The first-order chi connectivity index (χ1) is 17.0. The molecule has 0 spiro atoms. The van der Waals surface area contributed by atoms with E-state index < -0.39 is 29.6 Å². The van der Waals surface area contributed by atoms with Gasteiger partial charge < -0.3 is 19.6 Å². The van der Waals surface area contributed by atoms with Crippen LogP contribution < -0.4 is 10.6 Å². The Morgan fingerprint density at radius 3 is 2.42 bits per heavy atom. The van der Waals surface area contributed by atoms with Gasteiger partial charge in [0.15, 0.2) is 0 Å². The molecule has 2 aromatic carbocycles. The molecule has 3 N–H and O–H groups in total. The Balaban J connectivity index is 1.53. The number of rotatable bonds is 9. The van der Waals surface area contributed by atoms with E-state index >= 15 is 0 Å². The number of anilines is 1. The molecule has 0 saturated heterocycles. The monoisotopic (exact) mass is 512 g/mol. The summed E-state index contributed by atoms with van der Waals surface area (Å²) in [5, 5.41) is 22.8. The molecule has 3 aromatic rings. The van der Waals surface area contributed by atoms with Crippen molar-refractivity contribution in [2.45, 2.75) is 51.0 Å². The minimum Gasteiger partial charge on any atom is -0.480 e. The quantitative estimate of drug-likeness (QED) is 0.358. The fourth-order valence-corrected chi connectivity index (χ4v) is 3.70. The maximum atomic E-state index is 12.4. The zero-order valence-corrected chi connectivity index (χ0v) is 21.2. The SMILES string of the molecule is Cc1ccccc1CC(NC(=O)CSc1nnc(-c2ccc(NC(=O)OC(C)(C)C)cc2)o1)C(=O)O. The summed E-state index contributed by atoms with van der Waals surface area (Å²) >= 11 is 1.01. The molecule has 0 aliphatic carbocycles. The van der Waals surface area contributed by atoms with Crippen molar-refractivity contribution in [1.29, 1.82) is 0 Å². The standard InChI is InChI=1S/C25H28N4O6S/c1-15-7-5-6-8-17(15)13-19(22(31)32)27-20(30)14-36-24-29-28-21(34-24)16-9-11-18(12-10-16)26-23(33)35-25(2,3)4/h5-12,19H,13-14H2,1-4H3,(H,26,33)(H,27,30)(H,31,32). The average Bonchev–Trinajstić information content (AvgIpc) is 3.27. The number of aromatic nitrogens is 2. The number of hydrogen-bond donors (Lipinski definition) is 3. The van der Waals surface area contributed by atoms with Crippen LogP contribution in [0.5, 0.6) is 0 Å². The molecule has 1 atom stereocenters. The van der Waals surface area contributed by atoms with Crippen molar-refractivity contribution in [1.82, 2.24) is 15.5 Å². The van der Waals surface area contributed by atoms with Gasteiger partial charge in [0.1, 0.15) is 11.6 Å². The molecule has 11 heteroatoms. The number of ether oxygens (including phenoxy) is 1. The van der Waals surface area contributed by atoms with Gasteiger partial charge in [0.05, 0.1) is 5.75 Å². The lowest BCUT2D eigenvalue weighted by molar-refractivity contribution is -0.141. The third-order valence-electron chi connectivity index (χ3n) is 4.83. The van der Waals surface area contributed by atoms with Gasteiger partial charge in [0, 0.05) is 17.7 Å². The normalized spacial score (nSPS) is 12.0. The van der Waals surface area contributed by atoms with Crippen LogP contribution in [-0.4, -0.2) is 50.7 Å². The van der Waals surface area contributed by atoms with Crippen molar-refractivity contribution in [3.05, 3.63) is 59.7 Å². The summed E-state index contributed by atoms with van der Waals surface area (Å²) < 4.78 is 10.8. The highest BCUT2D eigenvalue weighted by molar-refractivity contribution is 7.99. The van der Waals surface area contributed by atoms with E-state index in [1.807, 2.05) is 31.2 Å². The summed E-state index contributed by atoms with van der Waals surface area (Å²) in [7, 11) is 0. The first-order valence-electron chi connectivity index (χ1n) is 11.1. The van der Waals surface area contributed by atoms with E-state index in [0.717, 1.165) is 22.9 Å². The number of amides is 2. The summed E-state index contributed by atoms with van der Waals surface area (Å²) in [6.07, 6.45) is -0.379. The number of thioether (sulfide) groups is 1. The first-order valence-corrected chi connectivity index (χ1v) is 12.1. The Bertz CT molecular complexity index is 1220. The summed E-state index contributed by atoms with van der Waals surface area (Å²) in [4.78, 5) is 35.9. The smallest absolute Gasteiger partial charge is 0.412 e. The molecular formula is C25H28N4O6S. The van der Waals surface area contributed by atoms with Crippen LogP contribution in [0.4, 0.5) is 10.5 Å². The Hall–Kier alpha value is -3.86. The molecule has 0 aliphatic rings. The molecule has 1 heterocycles. The Kier molecular flexibility index (Phi) is 8.70. The van der Waals surface area contributed by atoms with E-state index in [4.69, 9.17) is 9.15 Å². The summed E-state index contributed by atoms with van der Waals surface area (Å²) in [5.41, 5.74) is 2.37. The third kappa shape index (κ3) is 8.12. The average molecular weight is 513 g/mol. The van der Waals surface area contributed by atoms with Gasteiger partial charge in [-0.15, -0.1) is 10.2 Å². The number of aliphatic carboxylic acids is 1. The number of hydrogen-bond acceptors (Lipinski definition) is 8. The van der Waals surface area contributed by atoms with Crippen LogP contribution in [0, 0.1) is 6.92 Å². The zero-order valence-electron chi connectivity index (χ0n) is 20.4. The topological polar surface area (TPSA) is 144 Å². The van der Waals surface area contributed by atoms with Crippen molar-refractivity contribution in [3.8, 4) is 11.5 Å². The third-order valence-corrected chi connectivity index (χ3v) is 5.65. The molecule has 0 bridgehead atoms. The second-order valence-corrected chi connectivity index (χ2v) is 9.88. The van der Waals surface area contributed by atoms with Crippen LogP contribution in [0.2, 0.25) is 0 Å². The van der Waals surface area contributed by atoms with Gasteiger partial charge in [0.25, 0.3) is 5.22 Å². The van der Waals surface area contributed by atoms with Crippen LogP contribution in [0.15, 0.2) is 58.2 Å². The summed E-state index contributed by atoms with van der Waals surface area (Å²) in [6, 6.07) is 13.1. The molecule has 190 valence electrons. The van der Waals surface area contributed by atoms with E-state index in [1.165, 1.54) is 0 Å². The van der Waals surface area contributed by atoms with Crippen molar-refractivity contribution >= 4 is 35.4 Å². The van der Waals surface area contributed by atoms with E-state index in [1.54, 1.807) is 45.0 Å². The number of benzene rings is 2. The van der Waals surface area contributed by atoms with Crippen LogP contribution in [0.3, 0.4) is 0 Å². The van der Waals surface area contributed by atoms with Crippen molar-refractivity contribution in [2.24, 2.45) is 0 Å². The largest absolute Gasteiger partial charge is 0.480 e. The molecule has 1 unspecified atom stereocenters. The number of carbonyl (C=O) groups excluding carboxylic acids is 2. The van der Waals surface area contributed by atoms with Crippen molar-refractivity contribution in [3.63, 3.8) is 0 Å². The van der Waals surface area contributed by atoms with Crippen LogP contribution in [0.25, 0.3) is 11.5 Å². The maximum Gasteiger partial charge on any atom is 0.412 e. The van der Waals surface area contributed by atoms with Crippen LogP contribution in [-0.2, 0) is 20.7 Å². The molecule has 0 radical (unpaired) electrons. The van der Waals surface area contributed by atoms with E-state index in [9.17, 15) is 19.5 Å². The number of carboxylic acid groups (broad SMARTS) is 1. The van der Waals surface area contributed by atoms with Crippen LogP contribution >= 0.6 is 11.8 Å². The van der Waals surface area contributed by atoms with Gasteiger partial charge in [-0.2, -0.15) is 0 Å². The Morgan fingerprint density at radius 2 is 1.78 bits per heavy atom. The second-order valence-electron chi connectivity index (χ2n) is 8.95. The Labute approximate surface area is 212 Å². The molecule has 2 amide bonds. The highest BCUT2D eigenvalue weighted by Gasteiger charge is 2.22. The second kappa shape index (κ2) is 11.7. The molecular weight excluding hydrogens is 484 g/mol. The van der Waals surface area contributed by atoms with E-state index in [-0.39, 0.29) is 23.3 Å². The summed E-state index contributed by atoms with van der Waals surface area (Å²) in [6.45, 7) is 7.23. The maximum absolute atomic E-state index is 12.4. The highest BCUT2D eigenvalue weighted by atomic mass is 32.2. The van der Waals surface area contributed by atoms with Gasteiger partial charge in [0.2, 0.25) is 11.8 Å². The highest BCUT2D eigenvalue weighted by Crippen LogP contribution is 2.24. The fraction of sp³-hybridized carbons (Fsp3) is 0.320. The fourth-order valence-electron chi connectivity index (χ4n) is 3.12. The van der Waals surface area contributed by atoms with Crippen molar-refractivity contribution < 1.29 is 28.6 Å². The molecule has 0 saturated carbocycles. The lowest BCUT2D eigenvalue weighted by atomic mass is 10.0. The first kappa shape index (κ1) is 26.7. The lowest BCUT2D eigenvalue weighted by Gasteiger charge is -2.19. The number of nitrogens with one attached hydrogen (secondary N) is 2. The minimum atomic E-state index is -1.11. The van der Waals surface area contributed by atoms with Gasteiger partial charge in [-0.1, -0.05) is 36.0 Å². The predicted octanol–water partition coefficient (Wildman–Crippen LogP) is 4.30. The summed E-state index contributed by atoms with van der Waals surface area (Å²) in [5.74, 6) is -1.41. The van der Waals surface area contributed by atoms with Crippen LogP contribution in [0.1, 0.15) is 31.9 Å². The van der Waals surface area contributed by atoms with Gasteiger partial charge in [-0.05, 0) is 63.1 Å². The minimum absolute atomic E-state index is 0.0854. The van der Waals surface area contributed by atoms with E-state index in [0.29, 0.717) is 11.3 Å². The van der Waals surface area contributed by atoms with Gasteiger partial charge >= 0.3 is 12.1 Å². The molecule has 1 aromatic heterocycles. The number of carbonyl (C=O) groups is 3. The van der Waals surface area contributed by atoms with Crippen molar-refractivity contribution in [2.75, 3.05) is 11.1 Å². The molecule has 36 heavy (non-hydrogen) atoms. The number of carboxylic acids is 1. The number of nitrogens with zero attached hydrogens (tertiary/aromatic N) is 2. The molecule has 0 fully saturated rings. The van der Waals surface area contributed by atoms with E-state index in [2.05, 4.69) is 20.8 Å². The molecule has 0 aliphatic heterocycles. The van der Waals surface area contributed by atoms with Gasteiger partial charge in [-0.3, -0.25) is 10.1 Å². The zero-order chi connectivity index (χ0) is 26.3. The van der Waals surface area contributed by atoms with Gasteiger partial charge in [-0.25, -0.2) is 9.59 Å². The molecule has 10 nitrogen and oxygen atoms in total. The predicted molar refractivity (Wildman–Crippen MR) is 135 cm³/mol. The number of aryl methyl sites for hydroxylation is 1. The Morgan fingerprint density at radius 1 is 1.08 bits per heavy atom. The lowest BCUT2D eigenvalue weighted by Crippen LogP contribution is -2.43.